The molecule has 30 heavy (non-hydrogen) atoms. The van der Waals surface area contributed by atoms with E-state index in [1.807, 2.05) is 0 Å². The van der Waals surface area contributed by atoms with Crippen molar-refractivity contribution in [3.05, 3.63) is 0 Å². The van der Waals surface area contributed by atoms with E-state index in [1.54, 1.807) is 0 Å². The number of rotatable bonds is 22. The van der Waals surface area contributed by atoms with Gasteiger partial charge in [0.15, 0.2) is 0 Å². The van der Waals surface area contributed by atoms with Gasteiger partial charge in [0, 0.05) is 0 Å². The van der Waals surface area contributed by atoms with E-state index in [2.05, 4.69) is 27.7 Å². The van der Waals surface area contributed by atoms with Crippen LogP contribution in [0.25, 0.3) is 0 Å². The van der Waals surface area contributed by atoms with Crippen LogP contribution >= 0.6 is 18.0 Å². The van der Waals surface area contributed by atoms with Crippen LogP contribution in [0.4, 0.5) is 0 Å². The zero-order valence-corrected chi connectivity index (χ0v) is 22.6. The predicted molar refractivity (Wildman–Crippen MR) is 137 cm³/mol. The molecule has 1 N–H and O–H groups in total. The molecule has 182 valence electrons. The molecular formula is C26H54ClO2P. The van der Waals surface area contributed by atoms with Gasteiger partial charge in [-0.1, -0.05) is 130 Å². The number of unbranched alkanes of at least 4 members (excludes halogenated alkanes) is 12. The predicted octanol–water partition coefficient (Wildman–Crippen LogP) is 10.6. The second kappa shape index (κ2) is 19.0. The lowest BCUT2D eigenvalue weighted by molar-refractivity contribution is 0.246. The van der Waals surface area contributed by atoms with E-state index in [0.717, 1.165) is 64.2 Å². The van der Waals surface area contributed by atoms with Gasteiger partial charge >= 0.3 is 0 Å². The van der Waals surface area contributed by atoms with Crippen LogP contribution < -0.4 is 0 Å². The number of halogens is 1. The Kier molecular flexibility index (Phi) is 19.3. The third-order valence-electron chi connectivity index (χ3n) is 7.05. The van der Waals surface area contributed by atoms with Gasteiger partial charge in [-0.15, -0.1) is 0 Å². The Labute approximate surface area is 194 Å². The van der Waals surface area contributed by atoms with Gasteiger partial charge in [0.05, 0.1) is 5.16 Å². The molecule has 2 atom stereocenters. The van der Waals surface area contributed by atoms with Crippen molar-refractivity contribution in [1.82, 2.24) is 0 Å². The fourth-order valence-corrected chi connectivity index (χ4v) is 7.51. The average molecular weight is 465 g/mol. The highest BCUT2D eigenvalue weighted by Gasteiger charge is 2.50. The van der Waals surface area contributed by atoms with Gasteiger partial charge in [0.1, 0.15) is 0 Å². The highest BCUT2D eigenvalue weighted by Crippen LogP contribution is 2.67. The molecule has 0 saturated carbocycles. The summed E-state index contributed by atoms with van der Waals surface area (Å²) in [4.78, 5) is 10.7. The van der Waals surface area contributed by atoms with Gasteiger partial charge < -0.3 is 4.89 Å². The van der Waals surface area contributed by atoms with Crippen LogP contribution in [0.5, 0.6) is 0 Å². The molecule has 0 heterocycles. The summed E-state index contributed by atoms with van der Waals surface area (Å²) in [7, 11) is 0. The summed E-state index contributed by atoms with van der Waals surface area (Å²) in [6.07, 6.45) is 23.5. The Morgan fingerprint density at radius 3 is 1.40 bits per heavy atom. The van der Waals surface area contributed by atoms with Crippen molar-refractivity contribution in [3.8, 4) is 0 Å². The zero-order valence-electron chi connectivity index (χ0n) is 20.9. The lowest BCUT2D eigenvalue weighted by Gasteiger charge is -2.42. The molecule has 0 aromatic heterocycles. The quantitative estimate of drug-likeness (QED) is 0.128. The summed E-state index contributed by atoms with van der Waals surface area (Å²) in [6.45, 7) is 5.16. The first-order valence-electron chi connectivity index (χ1n) is 13.4. The SMILES string of the molecule is CCCCCCCCCCCCC(CCCC)C(CCCC)(CCCC)P(=O)(O)Cl. The topological polar surface area (TPSA) is 37.3 Å². The highest BCUT2D eigenvalue weighted by atomic mass is 35.7. The van der Waals surface area contributed by atoms with Crippen LogP contribution in [-0.2, 0) is 4.57 Å². The van der Waals surface area contributed by atoms with Gasteiger partial charge in [-0.3, -0.25) is 4.57 Å². The molecule has 0 bridgehead atoms. The second-order valence-electron chi connectivity index (χ2n) is 9.62. The van der Waals surface area contributed by atoms with Gasteiger partial charge in [-0.25, -0.2) is 0 Å². The van der Waals surface area contributed by atoms with Crippen LogP contribution in [0.2, 0.25) is 0 Å². The Morgan fingerprint density at radius 2 is 1.00 bits per heavy atom. The average Bonchev–Trinajstić information content (AvgIpc) is 2.71. The molecule has 0 aromatic rings. The first-order valence-corrected chi connectivity index (χ1v) is 16.0. The molecule has 0 rings (SSSR count). The maximum atomic E-state index is 13.1. The second-order valence-corrected chi connectivity index (χ2v) is 12.9. The van der Waals surface area contributed by atoms with Crippen molar-refractivity contribution >= 4 is 18.0 Å². The van der Waals surface area contributed by atoms with Crippen molar-refractivity contribution < 1.29 is 9.46 Å². The molecule has 0 aliphatic carbocycles. The third kappa shape index (κ3) is 12.5. The van der Waals surface area contributed by atoms with Crippen molar-refractivity contribution in [1.29, 1.82) is 0 Å². The lowest BCUT2D eigenvalue weighted by Crippen LogP contribution is -2.37. The molecular weight excluding hydrogens is 411 g/mol. The minimum atomic E-state index is -3.67. The van der Waals surface area contributed by atoms with E-state index < -0.39 is 11.9 Å². The highest BCUT2D eigenvalue weighted by molar-refractivity contribution is 7.85. The first-order chi connectivity index (χ1) is 14.4. The molecule has 0 radical (unpaired) electrons. The summed E-state index contributed by atoms with van der Waals surface area (Å²) in [6, 6.07) is 0. The minimum Gasteiger partial charge on any atom is -0.333 e. The molecule has 0 aliphatic heterocycles. The fourth-order valence-electron chi connectivity index (χ4n) is 5.01. The van der Waals surface area contributed by atoms with E-state index in [0.29, 0.717) is 0 Å². The summed E-state index contributed by atoms with van der Waals surface area (Å²) in [5.41, 5.74) is 0. The molecule has 0 amide bonds. The maximum Gasteiger partial charge on any atom is 0.293 e. The van der Waals surface area contributed by atoms with Crippen LogP contribution in [0.3, 0.4) is 0 Å². The van der Waals surface area contributed by atoms with Crippen LogP contribution in [0, 0.1) is 5.92 Å². The molecule has 0 aromatic carbocycles. The molecule has 0 saturated heterocycles. The van der Waals surface area contributed by atoms with E-state index in [1.165, 1.54) is 64.2 Å². The van der Waals surface area contributed by atoms with E-state index >= 15 is 0 Å². The number of hydrogen-bond acceptors (Lipinski definition) is 1. The smallest absolute Gasteiger partial charge is 0.293 e. The van der Waals surface area contributed by atoms with E-state index in [4.69, 9.17) is 11.2 Å². The van der Waals surface area contributed by atoms with Crippen LogP contribution in [-0.4, -0.2) is 10.0 Å². The Hall–Kier alpha value is 0.480. The molecule has 0 spiro atoms. The first kappa shape index (κ1) is 30.5. The van der Waals surface area contributed by atoms with Crippen LogP contribution in [0.15, 0.2) is 0 Å². The van der Waals surface area contributed by atoms with Crippen LogP contribution in [0.1, 0.15) is 156 Å². The van der Waals surface area contributed by atoms with Crippen molar-refractivity contribution in [2.45, 2.75) is 161 Å². The third-order valence-corrected chi connectivity index (χ3v) is 9.97. The van der Waals surface area contributed by atoms with Crippen molar-refractivity contribution in [3.63, 3.8) is 0 Å². The lowest BCUT2D eigenvalue weighted by atomic mass is 9.77. The summed E-state index contributed by atoms with van der Waals surface area (Å²) in [5.74, 6) is 0.290. The standard InChI is InChI=1S/C26H54ClO2P/c1-5-9-13-14-15-16-17-18-19-20-22-25(21-10-6-2)26(23-11-7-3,24-12-8-4)30(27,28)29/h25H,5-24H2,1-4H3,(H,28,29). The van der Waals surface area contributed by atoms with Crippen molar-refractivity contribution in [2.24, 2.45) is 5.92 Å². The molecule has 0 aliphatic rings. The fraction of sp³-hybridized carbons (Fsp3) is 1.00. The van der Waals surface area contributed by atoms with E-state index in [9.17, 15) is 9.46 Å². The summed E-state index contributed by atoms with van der Waals surface area (Å²) >= 11 is 6.35. The maximum absolute atomic E-state index is 13.1. The Balaban J connectivity index is 4.81. The zero-order chi connectivity index (χ0) is 22.7. The number of hydrogen-bond donors (Lipinski definition) is 1. The monoisotopic (exact) mass is 464 g/mol. The minimum absolute atomic E-state index is 0.290. The molecule has 0 fully saturated rings. The van der Waals surface area contributed by atoms with Gasteiger partial charge in [-0.2, -0.15) is 0 Å². The van der Waals surface area contributed by atoms with Crippen molar-refractivity contribution in [2.75, 3.05) is 0 Å². The Morgan fingerprint density at radius 1 is 0.633 bits per heavy atom. The Bertz CT molecular complexity index is 413. The largest absolute Gasteiger partial charge is 0.333 e. The van der Waals surface area contributed by atoms with E-state index in [-0.39, 0.29) is 5.92 Å². The molecule has 2 nitrogen and oxygen atoms in total. The summed E-state index contributed by atoms with van der Waals surface area (Å²) in [5, 5.41) is -0.574. The summed E-state index contributed by atoms with van der Waals surface area (Å²) < 4.78 is 13.1. The molecule has 4 heteroatoms. The van der Waals surface area contributed by atoms with Gasteiger partial charge in [0.25, 0.3) is 6.72 Å². The molecule has 2 unspecified atom stereocenters. The van der Waals surface area contributed by atoms with Gasteiger partial charge in [0.2, 0.25) is 0 Å². The van der Waals surface area contributed by atoms with Gasteiger partial charge in [-0.05, 0) is 42.8 Å². The normalized spacial score (nSPS) is 15.3.